The standard InChI is InChI=1S/C14H18NO.BrH/c1-11-6-7-13(12(2)16)10-14(11)15-8-4-3-5-9-15;/h3-5,8-9,13H,6-7,10H2,1-2H3;1H/q+1;/p-1. The van der Waals surface area contributed by atoms with Crippen molar-refractivity contribution in [3.63, 3.8) is 0 Å². The number of pyridine rings is 1. The third-order valence-corrected chi connectivity index (χ3v) is 3.40. The maximum Gasteiger partial charge on any atom is 0.186 e. The highest BCUT2D eigenvalue weighted by molar-refractivity contribution is 5.79. The molecule has 1 aliphatic carbocycles. The van der Waals surface area contributed by atoms with E-state index in [0.29, 0.717) is 5.78 Å². The molecule has 2 rings (SSSR count). The lowest BCUT2D eigenvalue weighted by Crippen LogP contribution is -3.00. The van der Waals surface area contributed by atoms with E-state index < -0.39 is 0 Å². The van der Waals surface area contributed by atoms with Gasteiger partial charge in [-0.3, -0.25) is 4.79 Å². The van der Waals surface area contributed by atoms with E-state index in [-0.39, 0.29) is 22.9 Å². The molecule has 1 atom stereocenters. The minimum Gasteiger partial charge on any atom is -1.00 e. The molecular formula is C14H18BrNO. The van der Waals surface area contributed by atoms with Gasteiger partial charge in [-0.25, -0.2) is 0 Å². The fraction of sp³-hybridized carbons (Fsp3) is 0.429. The Morgan fingerprint density at radius 1 is 1.29 bits per heavy atom. The number of rotatable bonds is 2. The van der Waals surface area contributed by atoms with Crippen molar-refractivity contribution in [2.75, 3.05) is 0 Å². The SMILES string of the molecule is CC(=O)C1CCC(C)=C([n+]2ccccc2)C1.[Br-]. The van der Waals surface area contributed by atoms with Crippen LogP contribution in [0.15, 0.2) is 36.2 Å². The van der Waals surface area contributed by atoms with Crippen LogP contribution < -0.4 is 21.5 Å². The number of hydrogen-bond donors (Lipinski definition) is 0. The smallest absolute Gasteiger partial charge is 0.186 e. The van der Waals surface area contributed by atoms with E-state index in [0.717, 1.165) is 19.3 Å². The number of halogens is 1. The average molecular weight is 296 g/mol. The number of carbonyl (C=O) groups excluding carboxylic acids is 1. The van der Waals surface area contributed by atoms with E-state index >= 15 is 0 Å². The Morgan fingerprint density at radius 2 is 1.94 bits per heavy atom. The minimum absolute atomic E-state index is 0. The summed E-state index contributed by atoms with van der Waals surface area (Å²) in [5.74, 6) is 0.535. The zero-order valence-corrected chi connectivity index (χ0v) is 11.9. The number of nitrogens with zero attached hydrogens (tertiary/aromatic N) is 1. The van der Waals surface area contributed by atoms with Gasteiger partial charge in [0, 0.05) is 24.5 Å². The molecule has 0 N–H and O–H groups in total. The molecule has 3 heteroatoms. The maximum absolute atomic E-state index is 11.5. The molecule has 1 unspecified atom stereocenters. The van der Waals surface area contributed by atoms with Crippen LogP contribution in [0.3, 0.4) is 0 Å². The summed E-state index contributed by atoms with van der Waals surface area (Å²) in [6, 6.07) is 6.06. The van der Waals surface area contributed by atoms with E-state index in [1.807, 2.05) is 18.2 Å². The highest BCUT2D eigenvalue weighted by atomic mass is 79.9. The molecule has 2 nitrogen and oxygen atoms in total. The summed E-state index contributed by atoms with van der Waals surface area (Å²) in [5.41, 5.74) is 2.71. The lowest BCUT2D eigenvalue weighted by Gasteiger charge is -2.20. The molecule has 0 saturated carbocycles. The van der Waals surface area contributed by atoms with Gasteiger partial charge in [0.05, 0.1) is 0 Å². The number of aromatic nitrogens is 1. The summed E-state index contributed by atoms with van der Waals surface area (Å²) < 4.78 is 2.14. The van der Waals surface area contributed by atoms with Crippen LogP contribution in [0, 0.1) is 5.92 Å². The molecule has 1 heterocycles. The van der Waals surface area contributed by atoms with E-state index in [9.17, 15) is 4.79 Å². The molecule has 0 amide bonds. The largest absolute Gasteiger partial charge is 1.00 e. The van der Waals surface area contributed by atoms with Crippen LogP contribution in [0.1, 0.15) is 33.1 Å². The first kappa shape index (κ1) is 14.1. The Kier molecular flexibility index (Phi) is 5.06. The molecule has 0 radical (unpaired) electrons. The van der Waals surface area contributed by atoms with Crippen LogP contribution in [0.2, 0.25) is 0 Å². The highest BCUT2D eigenvalue weighted by Crippen LogP contribution is 2.29. The van der Waals surface area contributed by atoms with Gasteiger partial charge in [0.25, 0.3) is 0 Å². The predicted molar refractivity (Wildman–Crippen MR) is 63.5 cm³/mol. The molecular weight excluding hydrogens is 278 g/mol. The molecule has 92 valence electrons. The van der Waals surface area contributed by atoms with Crippen LogP contribution in [-0.4, -0.2) is 5.78 Å². The number of carbonyl (C=O) groups is 1. The molecule has 0 fully saturated rings. The first-order chi connectivity index (χ1) is 7.68. The Hall–Kier alpha value is -0.960. The first-order valence-electron chi connectivity index (χ1n) is 5.84. The van der Waals surface area contributed by atoms with E-state index in [4.69, 9.17) is 0 Å². The fourth-order valence-corrected chi connectivity index (χ4v) is 2.30. The molecule has 1 aromatic rings. The highest BCUT2D eigenvalue weighted by Gasteiger charge is 2.27. The monoisotopic (exact) mass is 295 g/mol. The van der Waals surface area contributed by atoms with Gasteiger partial charge in [0.2, 0.25) is 0 Å². The lowest BCUT2D eigenvalue weighted by atomic mass is 9.85. The molecule has 0 aromatic carbocycles. The zero-order chi connectivity index (χ0) is 11.5. The Morgan fingerprint density at radius 3 is 2.53 bits per heavy atom. The summed E-state index contributed by atoms with van der Waals surface area (Å²) in [4.78, 5) is 11.5. The summed E-state index contributed by atoms with van der Waals surface area (Å²) in [7, 11) is 0. The second kappa shape index (κ2) is 6.10. The molecule has 0 bridgehead atoms. The topological polar surface area (TPSA) is 20.9 Å². The van der Waals surface area contributed by atoms with Crippen molar-refractivity contribution in [3.05, 3.63) is 36.2 Å². The van der Waals surface area contributed by atoms with Crippen LogP contribution in [-0.2, 0) is 4.79 Å². The van der Waals surface area contributed by atoms with Gasteiger partial charge in [-0.15, -0.1) is 0 Å². The summed E-state index contributed by atoms with van der Waals surface area (Å²) in [6.07, 6.45) is 7.05. The summed E-state index contributed by atoms with van der Waals surface area (Å²) in [5, 5.41) is 0. The lowest BCUT2D eigenvalue weighted by molar-refractivity contribution is -0.584. The van der Waals surface area contributed by atoms with Crippen molar-refractivity contribution in [2.45, 2.75) is 33.1 Å². The van der Waals surface area contributed by atoms with Gasteiger partial charge in [-0.2, -0.15) is 4.57 Å². The van der Waals surface area contributed by atoms with Gasteiger partial charge < -0.3 is 17.0 Å². The molecule has 0 aliphatic heterocycles. The second-order valence-corrected chi connectivity index (χ2v) is 4.56. The van der Waals surface area contributed by atoms with Gasteiger partial charge in [-0.1, -0.05) is 6.07 Å². The van der Waals surface area contributed by atoms with Gasteiger partial charge in [-0.05, 0) is 32.3 Å². The Bertz CT molecular complexity index is 425. The third kappa shape index (κ3) is 3.25. The Labute approximate surface area is 113 Å². The van der Waals surface area contributed by atoms with Crippen molar-refractivity contribution in [1.29, 1.82) is 0 Å². The molecule has 17 heavy (non-hydrogen) atoms. The number of Topliss-reactive ketones (excluding diaryl/α,β-unsaturated/α-hetero) is 1. The summed E-state index contributed by atoms with van der Waals surface area (Å²) >= 11 is 0. The van der Waals surface area contributed by atoms with Crippen LogP contribution in [0.5, 0.6) is 0 Å². The first-order valence-corrected chi connectivity index (χ1v) is 5.84. The Balaban J connectivity index is 0.00000144. The normalized spacial score (nSPS) is 19.8. The quantitative estimate of drug-likeness (QED) is 0.680. The average Bonchev–Trinajstić information content (AvgIpc) is 2.30. The van der Waals surface area contributed by atoms with Crippen molar-refractivity contribution in [2.24, 2.45) is 5.92 Å². The minimum atomic E-state index is 0. The molecule has 1 aromatic heterocycles. The predicted octanol–water partition coefficient (Wildman–Crippen LogP) is -0.402. The number of allylic oxidation sites excluding steroid dienone is 2. The fourth-order valence-electron chi connectivity index (χ4n) is 2.30. The van der Waals surface area contributed by atoms with Crippen LogP contribution in [0.4, 0.5) is 0 Å². The van der Waals surface area contributed by atoms with Crippen LogP contribution >= 0.6 is 0 Å². The van der Waals surface area contributed by atoms with Crippen LogP contribution in [0.25, 0.3) is 5.70 Å². The van der Waals surface area contributed by atoms with E-state index in [1.165, 1.54) is 11.3 Å². The second-order valence-electron chi connectivity index (χ2n) is 4.56. The molecule has 1 aliphatic rings. The van der Waals surface area contributed by atoms with Gasteiger partial charge in [0.15, 0.2) is 18.1 Å². The van der Waals surface area contributed by atoms with Crippen molar-refractivity contribution < 1.29 is 26.3 Å². The van der Waals surface area contributed by atoms with Crippen molar-refractivity contribution in [1.82, 2.24) is 0 Å². The zero-order valence-electron chi connectivity index (χ0n) is 10.3. The summed E-state index contributed by atoms with van der Waals surface area (Å²) in [6.45, 7) is 3.88. The maximum atomic E-state index is 11.5. The molecule has 0 saturated heterocycles. The van der Waals surface area contributed by atoms with Crippen molar-refractivity contribution in [3.8, 4) is 0 Å². The van der Waals surface area contributed by atoms with Gasteiger partial charge >= 0.3 is 0 Å². The molecule has 0 spiro atoms. The number of hydrogen-bond acceptors (Lipinski definition) is 1. The number of ketones is 1. The van der Waals surface area contributed by atoms with E-state index in [2.05, 4.69) is 23.9 Å². The third-order valence-electron chi connectivity index (χ3n) is 3.40. The van der Waals surface area contributed by atoms with Crippen molar-refractivity contribution >= 4 is 11.5 Å². The van der Waals surface area contributed by atoms with E-state index in [1.54, 1.807) is 6.92 Å². The van der Waals surface area contributed by atoms with Gasteiger partial charge in [0.1, 0.15) is 5.78 Å².